The van der Waals surface area contributed by atoms with Crippen molar-refractivity contribution >= 4 is 11.8 Å². The van der Waals surface area contributed by atoms with E-state index >= 15 is 0 Å². The molecule has 6 nitrogen and oxygen atoms in total. The summed E-state index contributed by atoms with van der Waals surface area (Å²) < 4.78 is 10.7. The van der Waals surface area contributed by atoms with Gasteiger partial charge in [0.05, 0.1) is 13.2 Å². The molecule has 1 aliphatic rings. The highest BCUT2D eigenvalue weighted by molar-refractivity contribution is 5.85. The summed E-state index contributed by atoms with van der Waals surface area (Å²) in [5.41, 5.74) is 6.59. The quantitative estimate of drug-likeness (QED) is 0.791. The maximum Gasteiger partial charge on any atom is 0.412 e. The van der Waals surface area contributed by atoms with Crippen LogP contribution in [0, 0.1) is 0 Å². The van der Waals surface area contributed by atoms with Gasteiger partial charge in [-0.1, -0.05) is 0 Å². The predicted molar refractivity (Wildman–Crippen MR) is 88.8 cm³/mol. The zero-order valence-corrected chi connectivity index (χ0v) is 14.2. The van der Waals surface area contributed by atoms with E-state index in [-0.39, 0.29) is 11.5 Å². The van der Waals surface area contributed by atoms with Crippen LogP contribution in [0.15, 0.2) is 18.2 Å². The van der Waals surface area contributed by atoms with Gasteiger partial charge in [0.15, 0.2) is 0 Å². The second kappa shape index (κ2) is 6.37. The van der Waals surface area contributed by atoms with Gasteiger partial charge in [0.25, 0.3) is 0 Å². The summed E-state index contributed by atoms with van der Waals surface area (Å²) >= 11 is 0. The van der Waals surface area contributed by atoms with Crippen LogP contribution in [0.5, 0.6) is 5.75 Å². The summed E-state index contributed by atoms with van der Waals surface area (Å²) in [4.78, 5) is 11.9. The first-order valence-electron chi connectivity index (χ1n) is 7.76. The van der Waals surface area contributed by atoms with Crippen molar-refractivity contribution in [3.63, 3.8) is 0 Å². The molecular formula is C17H26N2O4. The average Bonchev–Trinajstić information content (AvgIpc) is 2.41. The predicted octanol–water partition coefficient (Wildman–Crippen LogP) is 2.39. The standard InChI is InChI=1S/C17H26N2O4/c1-16(2,3)23-15(21)19-11-5-6-14(22-4)13(7-11)17(10-18)8-12(20)9-17/h5-7,12,20H,8-10,18H2,1-4H3,(H,19,21). The first kappa shape index (κ1) is 17.6. The molecule has 1 aromatic rings. The van der Waals surface area contributed by atoms with Gasteiger partial charge in [-0.15, -0.1) is 0 Å². The fourth-order valence-corrected chi connectivity index (χ4v) is 2.96. The van der Waals surface area contributed by atoms with Gasteiger partial charge >= 0.3 is 6.09 Å². The van der Waals surface area contributed by atoms with E-state index in [1.807, 2.05) is 26.8 Å². The molecule has 1 fully saturated rings. The summed E-state index contributed by atoms with van der Waals surface area (Å²) in [6.45, 7) is 5.85. The molecule has 1 aliphatic carbocycles. The first-order chi connectivity index (χ1) is 10.7. The molecule has 1 saturated carbocycles. The maximum atomic E-state index is 11.9. The normalized spacial score (nSPS) is 23.8. The second-order valence-electron chi connectivity index (χ2n) is 7.09. The number of hydrogen-bond acceptors (Lipinski definition) is 5. The van der Waals surface area contributed by atoms with Crippen LogP contribution in [0.25, 0.3) is 0 Å². The molecule has 0 bridgehead atoms. The summed E-state index contributed by atoms with van der Waals surface area (Å²) in [5.74, 6) is 0.706. The van der Waals surface area contributed by atoms with Gasteiger partial charge in [0.1, 0.15) is 11.4 Å². The van der Waals surface area contributed by atoms with E-state index in [0.29, 0.717) is 30.8 Å². The number of methoxy groups -OCH3 is 1. The average molecular weight is 322 g/mol. The number of benzene rings is 1. The van der Waals surface area contributed by atoms with Crippen molar-refractivity contribution in [1.82, 2.24) is 0 Å². The number of hydrogen-bond donors (Lipinski definition) is 3. The van der Waals surface area contributed by atoms with Gasteiger partial charge in [-0.2, -0.15) is 0 Å². The van der Waals surface area contributed by atoms with Crippen LogP contribution in [0.1, 0.15) is 39.2 Å². The van der Waals surface area contributed by atoms with Crippen LogP contribution in [-0.2, 0) is 10.2 Å². The van der Waals surface area contributed by atoms with Crippen molar-refractivity contribution in [2.75, 3.05) is 19.0 Å². The van der Waals surface area contributed by atoms with Crippen molar-refractivity contribution in [2.45, 2.75) is 50.7 Å². The van der Waals surface area contributed by atoms with E-state index in [1.54, 1.807) is 19.2 Å². The number of carbonyl (C=O) groups is 1. The number of anilines is 1. The molecule has 0 aliphatic heterocycles. The fraction of sp³-hybridized carbons (Fsp3) is 0.588. The largest absolute Gasteiger partial charge is 0.496 e. The van der Waals surface area contributed by atoms with E-state index in [0.717, 1.165) is 5.56 Å². The molecular weight excluding hydrogens is 296 g/mol. The molecule has 4 N–H and O–H groups in total. The number of rotatable bonds is 4. The van der Waals surface area contributed by atoms with Crippen LogP contribution in [0.2, 0.25) is 0 Å². The fourth-order valence-electron chi connectivity index (χ4n) is 2.96. The van der Waals surface area contributed by atoms with E-state index in [4.69, 9.17) is 15.2 Å². The number of amides is 1. The Morgan fingerprint density at radius 1 is 1.43 bits per heavy atom. The molecule has 0 unspecified atom stereocenters. The lowest BCUT2D eigenvalue weighted by molar-refractivity contribution is 0.0211. The number of carbonyl (C=O) groups excluding carboxylic acids is 1. The van der Waals surface area contributed by atoms with E-state index in [1.165, 1.54) is 0 Å². The van der Waals surface area contributed by atoms with Gasteiger partial charge in [0.2, 0.25) is 0 Å². The Bertz CT molecular complexity index is 574. The Morgan fingerprint density at radius 3 is 2.57 bits per heavy atom. The number of nitrogens with one attached hydrogen (secondary N) is 1. The molecule has 0 heterocycles. The van der Waals surface area contributed by atoms with E-state index < -0.39 is 11.7 Å². The molecule has 0 atom stereocenters. The van der Waals surface area contributed by atoms with Crippen molar-refractivity contribution in [3.8, 4) is 5.75 Å². The van der Waals surface area contributed by atoms with E-state index in [9.17, 15) is 9.90 Å². The molecule has 0 radical (unpaired) electrons. The smallest absolute Gasteiger partial charge is 0.412 e. The third-order valence-corrected chi connectivity index (χ3v) is 4.06. The zero-order valence-electron chi connectivity index (χ0n) is 14.2. The van der Waals surface area contributed by atoms with Crippen molar-refractivity contribution in [2.24, 2.45) is 5.73 Å². The Balaban J connectivity index is 2.24. The highest BCUT2D eigenvalue weighted by atomic mass is 16.6. The van der Waals surface area contributed by atoms with Gasteiger partial charge in [-0.05, 0) is 51.8 Å². The van der Waals surface area contributed by atoms with Gasteiger partial charge in [-0.3, -0.25) is 5.32 Å². The number of aliphatic hydroxyl groups excluding tert-OH is 1. The third kappa shape index (κ3) is 3.95. The molecule has 2 rings (SSSR count). The van der Waals surface area contributed by atoms with Gasteiger partial charge in [-0.25, -0.2) is 4.79 Å². The minimum atomic E-state index is -0.560. The van der Waals surface area contributed by atoms with Crippen molar-refractivity contribution in [3.05, 3.63) is 23.8 Å². The lowest BCUT2D eigenvalue weighted by Gasteiger charge is -2.45. The van der Waals surface area contributed by atoms with Crippen LogP contribution in [-0.4, -0.2) is 36.6 Å². The van der Waals surface area contributed by atoms with Crippen LogP contribution >= 0.6 is 0 Å². The summed E-state index contributed by atoms with van der Waals surface area (Å²) in [5, 5.41) is 12.4. The molecule has 128 valence electrons. The SMILES string of the molecule is COc1ccc(NC(=O)OC(C)(C)C)cc1C1(CN)CC(O)C1. The van der Waals surface area contributed by atoms with Crippen molar-refractivity contribution in [1.29, 1.82) is 0 Å². The maximum absolute atomic E-state index is 11.9. The molecule has 0 spiro atoms. The number of aliphatic hydroxyl groups is 1. The van der Waals surface area contributed by atoms with Gasteiger partial charge < -0.3 is 20.3 Å². The topological polar surface area (TPSA) is 93.8 Å². The summed E-state index contributed by atoms with van der Waals surface area (Å²) in [6.07, 6.45) is 0.334. The Labute approximate surface area is 137 Å². The van der Waals surface area contributed by atoms with Crippen LogP contribution < -0.4 is 15.8 Å². The van der Waals surface area contributed by atoms with Gasteiger partial charge in [0, 0.05) is 23.2 Å². The van der Waals surface area contributed by atoms with Crippen LogP contribution in [0.4, 0.5) is 10.5 Å². The molecule has 0 saturated heterocycles. The highest BCUT2D eigenvalue weighted by Gasteiger charge is 2.45. The minimum absolute atomic E-state index is 0.309. The second-order valence-corrected chi connectivity index (χ2v) is 7.09. The van der Waals surface area contributed by atoms with Crippen LogP contribution in [0.3, 0.4) is 0 Å². The molecule has 0 aromatic heterocycles. The number of nitrogens with two attached hydrogens (primary N) is 1. The Morgan fingerprint density at radius 2 is 2.09 bits per heavy atom. The molecule has 1 aromatic carbocycles. The Kier molecular flexibility index (Phi) is 4.87. The molecule has 6 heteroatoms. The molecule has 23 heavy (non-hydrogen) atoms. The summed E-state index contributed by atoms with van der Waals surface area (Å²) in [7, 11) is 1.60. The highest BCUT2D eigenvalue weighted by Crippen LogP contribution is 2.47. The minimum Gasteiger partial charge on any atom is -0.496 e. The van der Waals surface area contributed by atoms with E-state index in [2.05, 4.69) is 5.32 Å². The third-order valence-electron chi connectivity index (χ3n) is 4.06. The monoisotopic (exact) mass is 322 g/mol. The molecule has 1 amide bonds. The Hall–Kier alpha value is -1.79. The first-order valence-corrected chi connectivity index (χ1v) is 7.76. The summed E-state index contributed by atoms with van der Waals surface area (Å²) in [6, 6.07) is 5.40. The zero-order chi connectivity index (χ0) is 17.3. The lowest BCUT2D eigenvalue weighted by Crippen LogP contribution is -2.50. The number of ether oxygens (including phenoxy) is 2. The lowest BCUT2D eigenvalue weighted by atomic mass is 9.62. The van der Waals surface area contributed by atoms with Crippen molar-refractivity contribution < 1.29 is 19.4 Å².